The van der Waals surface area contributed by atoms with E-state index < -0.39 is 47.6 Å². The minimum atomic E-state index is -1.17. The number of hydrogen-bond donors (Lipinski definition) is 0. The van der Waals surface area contributed by atoms with Crippen molar-refractivity contribution in [1.29, 1.82) is 0 Å². The van der Waals surface area contributed by atoms with Crippen molar-refractivity contribution in [2.45, 2.75) is 44.5 Å². The minimum Gasteiger partial charge on any atom is -0.471 e. The first kappa shape index (κ1) is 23.4. The van der Waals surface area contributed by atoms with Crippen LogP contribution in [0.3, 0.4) is 0 Å². The Bertz CT molecular complexity index is 994. The fourth-order valence-corrected chi connectivity index (χ4v) is 4.25. The summed E-state index contributed by atoms with van der Waals surface area (Å²) in [5.41, 5.74) is -0.143. The lowest BCUT2D eigenvalue weighted by Gasteiger charge is -2.39. The molecule has 1 aliphatic heterocycles. The van der Waals surface area contributed by atoms with Crippen LogP contribution in [0.2, 0.25) is 0 Å². The third-order valence-corrected chi connectivity index (χ3v) is 5.43. The summed E-state index contributed by atoms with van der Waals surface area (Å²) in [5.74, 6) is -2.88. The average Bonchev–Trinajstić information content (AvgIpc) is 2.73. The van der Waals surface area contributed by atoms with Crippen LogP contribution >= 0.6 is 11.8 Å². The number of thioether (sulfide) groups is 1. The summed E-state index contributed by atoms with van der Waals surface area (Å²) in [7, 11) is 0. The van der Waals surface area contributed by atoms with E-state index in [1.54, 1.807) is 0 Å². The standard InChI is InChI=1S/C20H20FN3O7S/c1-10(25)28-16-8-32-20(18(30-12(3)27)17(16)29-11(2)26)31-15-5-4-14(24-19(15)21)13-6-22-9-23-7-13/h4-7,9,16-18,20H,8H2,1-3H3/t16-,17+,18-,20?/m1/s1. The second kappa shape index (κ2) is 10.4. The quantitative estimate of drug-likeness (QED) is 0.353. The van der Waals surface area contributed by atoms with Gasteiger partial charge in [-0.05, 0) is 12.1 Å². The monoisotopic (exact) mass is 465 g/mol. The molecule has 2 aromatic rings. The van der Waals surface area contributed by atoms with Gasteiger partial charge in [0.05, 0.1) is 5.69 Å². The van der Waals surface area contributed by atoms with E-state index in [2.05, 4.69) is 15.0 Å². The molecule has 0 N–H and O–H groups in total. The second-order valence-electron chi connectivity index (χ2n) is 6.73. The highest BCUT2D eigenvalue weighted by Crippen LogP contribution is 2.35. The predicted octanol–water partition coefficient (Wildman–Crippen LogP) is 1.92. The number of esters is 3. The number of ether oxygens (including phenoxy) is 4. The molecule has 0 spiro atoms. The highest BCUT2D eigenvalue weighted by atomic mass is 32.2. The Balaban J connectivity index is 1.86. The summed E-state index contributed by atoms with van der Waals surface area (Å²) in [5, 5.41) is 0. The molecule has 170 valence electrons. The Hall–Kier alpha value is -3.28. The van der Waals surface area contributed by atoms with Crippen molar-refractivity contribution in [2.24, 2.45) is 0 Å². The molecule has 1 aliphatic rings. The van der Waals surface area contributed by atoms with Crippen molar-refractivity contribution in [3.63, 3.8) is 0 Å². The maximum Gasteiger partial charge on any atom is 0.303 e. The highest BCUT2D eigenvalue weighted by Gasteiger charge is 2.48. The molecule has 0 aromatic carbocycles. The summed E-state index contributed by atoms with van der Waals surface area (Å²) in [6.07, 6.45) is 1.14. The van der Waals surface area contributed by atoms with E-state index in [1.165, 1.54) is 51.6 Å². The van der Waals surface area contributed by atoms with Crippen LogP contribution in [0.15, 0.2) is 30.9 Å². The first-order chi connectivity index (χ1) is 15.2. The molecule has 4 atom stereocenters. The van der Waals surface area contributed by atoms with Crippen LogP contribution in [0.1, 0.15) is 20.8 Å². The molecule has 12 heteroatoms. The van der Waals surface area contributed by atoms with Crippen LogP contribution in [0.4, 0.5) is 4.39 Å². The fourth-order valence-electron chi connectivity index (χ4n) is 3.04. The average molecular weight is 465 g/mol. The van der Waals surface area contributed by atoms with Crippen LogP contribution in [-0.2, 0) is 28.6 Å². The van der Waals surface area contributed by atoms with E-state index in [0.29, 0.717) is 11.3 Å². The number of rotatable bonds is 6. The molecule has 0 amide bonds. The van der Waals surface area contributed by atoms with Gasteiger partial charge in [0.15, 0.2) is 29.5 Å². The molecule has 2 aromatic heterocycles. The van der Waals surface area contributed by atoms with Gasteiger partial charge in [0.1, 0.15) is 6.33 Å². The van der Waals surface area contributed by atoms with Gasteiger partial charge in [-0.15, -0.1) is 11.8 Å². The van der Waals surface area contributed by atoms with Gasteiger partial charge in [-0.2, -0.15) is 4.39 Å². The molecular formula is C20H20FN3O7S. The van der Waals surface area contributed by atoms with Crippen molar-refractivity contribution >= 4 is 29.7 Å². The third-order valence-electron chi connectivity index (χ3n) is 4.22. The van der Waals surface area contributed by atoms with Gasteiger partial charge in [-0.25, -0.2) is 15.0 Å². The Morgan fingerprint density at radius 2 is 1.59 bits per heavy atom. The van der Waals surface area contributed by atoms with E-state index in [-0.39, 0.29) is 11.5 Å². The van der Waals surface area contributed by atoms with Crippen LogP contribution in [0.5, 0.6) is 5.75 Å². The van der Waals surface area contributed by atoms with Crippen LogP contribution < -0.4 is 4.74 Å². The van der Waals surface area contributed by atoms with Gasteiger partial charge in [0.25, 0.3) is 5.95 Å². The summed E-state index contributed by atoms with van der Waals surface area (Å²) in [6.45, 7) is 3.54. The zero-order valence-electron chi connectivity index (χ0n) is 17.4. The Kier molecular flexibility index (Phi) is 7.57. The molecule has 0 bridgehead atoms. The van der Waals surface area contributed by atoms with Crippen molar-refractivity contribution in [1.82, 2.24) is 15.0 Å². The maximum atomic E-state index is 14.7. The highest BCUT2D eigenvalue weighted by molar-refractivity contribution is 7.99. The lowest BCUT2D eigenvalue weighted by molar-refractivity contribution is -0.186. The van der Waals surface area contributed by atoms with Crippen molar-refractivity contribution in [3.05, 3.63) is 36.8 Å². The molecule has 0 aliphatic carbocycles. The summed E-state index contributed by atoms with van der Waals surface area (Å²) in [4.78, 5) is 46.4. The smallest absolute Gasteiger partial charge is 0.303 e. The number of pyridine rings is 1. The molecule has 3 heterocycles. The zero-order valence-corrected chi connectivity index (χ0v) is 18.2. The van der Waals surface area contributed by atoms with Gasteiger partial charge in [-0.3, -0.25) is 14.4 Å². The van der Waals surface area contributed by atoms with E-state index in [0.717, 1.165) is 11.8 Å². The van der Waals surface area contributed by atoms with Crippen LogP contribution in [0, 0.1) is 5.95 Å². The van der Waals surface area contributed by atoms with Gasteiger partial charge in [0, 0.05) is 44.5 Å². The number of nitrogens with zero attached hydrogens (tertiary/aromatic N) is 3. The topological polar surface area (TPSA) is 127 Å². The van der Waals surface area contributed by atoms with E-state index in [1.807, 2.05) is 0 Å². The first-order valence-electron chi connectivity index (χ1n) is 9.46. The van der Waals surface area contributed by atoms with Gasteiger partial charge in [0.2, 0.25) is 0 Å². The molecular weight excluding hydrogens is 445 g/mol. The molecule has 10 nitrogen and oxygen atoms in total. The minimum absolute atomic E-state index is 0.161. The molecule has 3 rings (SSSR count). The summed E-state index contributed by atoms with van der Waals surface area (Å²) < 4.78 is 36.3. The first-order valence-corrected chi connectivity index (χ1v) is 10.5. The number of carbonyl (C=O) groups excluding carboxylic acids is 3. The maximum absolute atomic E-state index is 14.7. The zero-order chi connectivity index (χ0) is 23.3. The fraction of sp³-hybridized carbons (Fsp3) is 0.400. The number of halogens is 1. The molecule has 1 unspecified atom stereocenters. The van der Waals surface area contributed by atoms with Crippen molar-refractivity contribution < 1.29 is 37.7 Å². The van der Waals surface area contributed by atoms with Crippen molar-refractivity contribution in [3.8, 4) is 17.0 Å². The van der Waals surface area contributed by atoms with Gasteiger partial charge < -0.3 is 18.9 Å². The van der Waals surface area contributed by atoms with Gasteiger partial charge >= 0.3 is 17.9 Å². The summed E-state index contributed by atoms with van der Waals surface area (Å²) >= 11 is 1.12. The van der Waals surface area contributed by atoms with E-state index >= 15 is 0 Å². The second-order valence-corrected chi connectivity index (χ2v) is 7.86. The van der Waals surface area contributed by atoms with Gasteiger partial charge in [-0.1, -0.05) is 0 Å². The van der Waals surface area contributed by atoms with E-state index in [9.17, 15) is 18.8 Å². The summed E-state index contributed by atoms with van der Waals surface area (Å²) in [6, 6.07) is 2.89. The van der Waals surface area contributed by atoms with Crippen LogP contribution in [-0.4, -0.2) is 62.4 Å². The predicted molar refractivity (Wildman–Crippen MR) is 109 cm³/mol. The number of hydrogen-bond acceptors (Lipinski definition) is 11. The molecule has 32 heavy (non-hydrogen) atoms. The lowest BCUT2D eigenvalue weighted by Crippen LogP contribution is -2.55. The Labute approximate surface area is 186 Å². The van der Waals surface area contributed by atoms with Crippen LogP contribution in [0.25, 0.3) is 11.3 Å². The lowest BCUT2D eigenvalue weighted by atomic mass is 10.1. The van der Waals surface area contributed by atoms with Crippen molar-refractivity contribution in [2.75, 3.05) is 5.75 Å². The molecule has 0 saturated carbocycles. The Morgan fingerprint density at radius 3 is 2.19 bits per heavy atom. The molecule has 1 fully saturated rings. The van der Waals surface area contributed by atoms with E-state index in [4.69, 9.17) is 18.9 Å². The number of carbonyl (C=O) groups is 3. The SMILES string of the molecule is CC(=O)O[C@H]1[C@H](OC(C)=O)CSC(Oc2ccc(-c3cncnc3)nc2F)[C@@H]1OC(C)=O. The molecule has 0 radical (unpaired) electrons. The third kappa shape index (κ3) is 5.90. The largest absolute Gasteiger partial charge is 0.471 e. The normalized spacial score (nSPS) is 22.5. The number of aromatic nitrogens is 3. The molecule has 1 saturated heterocycles. The Morgan fingerprint density at radius 1 is 0.969 bits per heavy atom.